The number of nitrogens with one attached hydrogen (secondary N) is 1. The molecule has 0 unspecified atom stereocenters. The molecule has 27 heavy (non-hydrogen) atoms. The van der Waals surface area contributed by atoms with Gasteiger partial charge >= 0.3 is 0 Å². The Morgan fingerprint density at radius 1 is 1.11 bits per heavy atom. The van der Waals surface area contributed by atoms with Crippen molar-refractivity contribution < 1.29 is 19.0 Å². The van der Waals surface area contributed by atoms with Crippen LogP contribution in [0.25, 0.3) is 16.3 Å². The maximum Gasteiger partial charge on any atom is 0.250 e. The monoisotopic (exact) mass is 448 g/mol. The number of thiazole rings is 1. The number of anilines is 1. The summed E-state index contributed by atoms with van der Waals surface area (Å²) < 4.78 is 17.9. The Balaban J connectivity index is 1.77. The summed E-state index contributed by atoms with van der Waals surface area (Å²) in [4.78, 5) is 16.6. The summed E-state index contributed by atoms with van der Waals surface area (Å²) in [5.74, 6) is 1.27. The van der Waals surface area contributed by atoms with Crippen LogP contribution in [0.15, 0.2) is 40.9 Å². The first-order valence-corrected chi connectivity index (χ1v) is 9.50. The molecule has 0 aliphatic heterocycles. The van der Waals surface area contributed by atoms with Gasteiger partial charge in [0.25, 0.3) is 0 Å². The van der Waals surface area contributed by atoms with Crippen LogP contribution in [-0.4, -0.2) is 32.2 Å². The second kappa shape index (κ2) is 8.41. The average molecular weight is 449 g/mol. The Morgan fingerprint density at radius 2 is 1.81 bits per heavy atom. The quantitative estimate of drug-likeness (QED) is 0.551. The zero-order valence-electron chi connectivity index (χ0n) is 14.9. The van der Waals surface area contributed by atoms with Gasteiger partial charge in [0, 0.05) is 10.5 Å². The molecule has 6 nitrogen and oxygen atoms in total. The van der Waals surface area contributed by atoms with Crippen LogP contribution in [0.2, 0.25) is 0 Å². The number of halogens is 1. The number of nitrogens with zero attached hydrogens (tertiary/aromatic N) is 1. The number of carbonyl (C=O) groups excluding carboxylic acids is 1. The van der Waals surface area contributed by atoms with Crippen molar-refractivity contribution in [3.63, 3.8) is 0 Å². The third kappa shape index (κ3) is 4.40. The highest BCUT2D eigenvalue weighted by molar-refractivity contribution is 9.10. The minimum absolute atomic E-state index is 0.276. The Morgan fingerprint density at radius 3 is 2.44 bits per heavy atom. The highest BCUT2D eigenvalue weighted by Gasteiger charge is 2.12. The lowest BCUT2D eigenvalue weighted by molar-refractivity contribution is -0.111. The molecule has 0 atom stereocenters. The van der Waals surface area contributed by atoms with Gasteiger partial charge in [-0.1, -0.05) is 27.3 Å². The van der Waals surface area contributed by atoms with Crippen molar-refractivity contribution in [3.8, 4) is 17.2 Å². The molecule has 0 radical (unpaired) electrons. The number of carbonyl (C=O) groups is 1. The Bertz CT molecular complexity index is 991. The minimum atomic E-state index is -0.276. The van der Waals surface area contributed by atoms with Gasteiger partial charge in [-0.3, -0.25) is 10.1 Å². The van der Waals surface area contributed by atoms with Gasteiger partial charge in [0.05, 0.1) is 31.5 Å². The summed E-state index contributed by atoms with van der Waals surface area (Å²) in [6.07, 6.45) is 3.10. The first kappa shape index (κ1) is 19.2. The van der Waals surface area contributed by atoms with Crippen LogP contribution in [-0.2, 0) is 4.79 Å². The number of hydrogen-bond acceptors (Lipinski definition) is 6. The normalized spacial score (nSPS) is 11.0. The molecule has 0 saturated heterocycles. The molecular weight excluding hydrogens is 432 g/mol. The summed E-state index contributed by atoms with van der Waals surface area (Å²) in [6, 6.07) is 9.31. The van der Waals surface area contributed by atoms with Gasteiger partial charge in [-0.25, -0.2) is 4.98 Å². The second-order valence-electron chi connectivity index (χ2n) is 5.41. The van der Waals surface area contributed by atoms with E-state index in [-0.39, 0.29) is 5.91 Å². The molecule has 8 heteroatoms. The standard InChI is InChI=1S/C19H17BrN2O4S/c1-24-14-8-11(9-15(25-2)18(14)26-3)4-7-17(23)22-19-21-13-6-5-12(20)10-16(13)27-19/h4-10H,1-3H3,(H,21,22,23)/b7-4+. The average Bonchev–Trinajstić information content (AvgIpc) is 3.06. The van der Waals surface area contributed by atoms with Crippen LogP contribution in [0.1, 0.15) is 5.56 Å². The van der Waals surface area contributed by atoms with E-state index in [1.807, 2.05) is 18.2 Å². The van der Waals surface area contributed by atoms with Crippen molar-refractivity contribution in [1.29, 1.82) is 0 Å². The van der Waals surface area contributed by atoms with E-state index in [4.69, 9.17) is 14.2 Å². The SMILES string of the molecule is COc1cc(/C=C/C(=O)Nc2nc3ccc(Br)cc3s2)cc(OC)c1OC. The molecule has 0 saturated carbocycles. The van der Waals surface area contributed by atoms with Gasteiger partial charge in [-0.2, -0.15) is 0 Å². The van der Waals surface area contributed by atoms with Crippen LogP contribution in [0.3, 0.4) is 0 Å². The van der Waals surface area contributed by atoms with Gasteiger partial charge in [-0.05, 0) is 42.0 Å². The van der Waals surface area contributed by atoms with Gasteiger partial charge in [0.2, 0.25) is 11.7 Å². The molecule has 0 bridgehead atoms. The third-order valence-corrected chi connectivity index (χ3v) is 5.12. The van der Waals surface area contributed by atoms with Crippen molar-refractivity contribution in [1.82, 2.24) is 4.98 Å². The van der Waals surface area contributed by atoms with Crippen molar-refractivity contribution in [2.24, 2.45) is 0 Å². The number of aromatic nitrogens is 1. The maximum atomic E-state index is 12.2. The van der Waals surface area contributed by atoms with E-state index in [9.17, 15) is 4.79 Å². The fourth-order valence-corrected chi connectivity index (χ4v) is 3.89. The first-order valence-electron chi connectivity index (χ1n) is 7.89. The zero-order valence-corrected chi connectivity index (χ0v) is 17.3. The van der Waals surface area contributed by atoms with E-state index in [1.54, 1.807) is 39.5 Å². The number of methoxy groups -OCH3 is 3. The molecule has 0 aliphatic rings. The fraction of sp³-hybridized carbons (Fsp3) is 0.158. The van der Waals surface area contributed by atoms with E-state index < -0.39 is 0 Å². The summed E-state index contributed by atoms with van der Waals surface area (Å²) in [7, 11) is 4.63. The molecule has 0 spiro atoms. The Hall–Kier alpha value is -2.58. The predicted octanol–water partition coefficient (Wildman–Crippen LogP) is 4.74. The molecule has 1 heterocycles. The summed E-state index contributed by atoms with van der Waals surface area (Å²) in [6.45, 7) is 0. The molecule has 0 aliphatic carbocycles. The zero-order chi connectivity index (χ0) is 19.4. The number of ether oxygens (including phenoxy) is 3. The third-order valence-electron chi connectivity index (χ3n) is 3.69. The smallest absolute Gasteiger partial charge is 0.250 e. The molecule has 3 aromatic rings. The topological polar surface area (TPSA) is 69.7 Å². The van der Waals surface area contributed by atoms with Crippen LogP contribution < -0.4 is 19.5 Å². The Kier molecular flexibility index (Phi) is 5.98. The van der Waals surface area contributed by atoms with E-state index in [0.29, 0.717) is 22.4 Å². The number of rotatable bonds is 6. The lowest BCUT2D eigenvalue weighted by Crippen LogP contribution is -2.07. The van der Waals surface area contributed by atoms with Gasteiger partial charge in [0.1, 0.15) is 0 Å². The Labute approximate surface area is 168 Å². The van der Waals surface area contributed by atoms with Crippen molar-refractivity contribution in [2.75, 3.05) is 26.6 Å². The largest absolute Gasteiger partial charge is 0.493 e. The first-order chi connectivity index (χ1) is 13.0. The summed E-state index contributed by atoms with van der Waals surface area (Å²) in [5, 5.41) is 3.32. The summed E-state index contributed by atoms with van der Waals surface area (Å²) >= 11 is 4.84. The number of fused-ring (bicyclic) bond motifs is 1. The van der Waals surface area contributed by atoms with Crippen molar-refractivity contribution in [2.45, 2.75) is 0 Å². The predicted molar refractivity (Wildman–Crippen MR) is 111 cm³/mol. The highest BCUT2D eigenvalue weighted by atomic mass is 79.9. The second-order valence-corrected chi connectivity index (χ2v) is 7.36. The lowest BCUT2D eigenvalue weighted by Gasteiger charge is -2.12. The van der Waals surface area contributed by atoms with Crippen LogP contribution in [0.5, 0.6) is 17.2 Å². The molecule has 1 amide bonds. The van der Waals surface area contributed by atoms with Crippen molar-refractivity contribution in [3.05, 3.63) is 46.4 Å². The van der Waals surface area contributed by atoms with Gasteiger partial charge in [-0.15, -0.1) is 0 Å². The minimum Gasteiger partial charge on any atom is -0.493 e. The number of amides is 1. The van der Waals surface area contributed by atoms with Crippen LogP contribution in [0.4, 0.5) is 5.13 Å². The molecule has 140 valence electrons. The van der Waals surface area contributed by atoms with Crippen LogP contribution in [0, 0.1) is 0 Å². The van der Waals surface area contributed by atoms with Gasteiger partial charge < -0.3 is 14.2 Å². The molecule has 2 aromatic carbocycles. The molecule has 0 fully saturated rings. The van der Waals surface area contributed by atoms with E-state index in [0.717, 1.165) is 20.3 Å². The fourth-order valence-electron chi connectivity index (χ4n) is 2.47. The van der Waals surface area contributed by atoms with Crippen LogP contribution >= 0.6 is 27.3 Å². The van der Waals surface area contributed by atoms with E-state index >= 15 is 0 Å². The maximum absolute atomic E-state index is 12.2. The molecule has 3 rings (SSSR count). The summed E-state index contributed by atoms with van der Waals surface area (Å²) in [5.41, 5.74) is 1.58. The molecule has 1 aromatic heterocycles. The lowest BCUT2D eigenvalue weighted by atomic mass is 10.1. The number of benzene rings is 2. The van der Waals surface area contributed by atoms with E-state index in [2.05, 4.69) is 26.2 Å². The highest BCUT2D eigenvalue weighted by Crippen LogP contribution is 2.38. The molecule has 1 N–H and O–H groups in total. The van der Waals surface area contributed by atoms with Gasteiger partial charge in [0.15, 0.2) is 16.6 Å². The number of hydrogen-bond donors (Lipinski definition) is 1. The van der Waals surface area contributed by atoms with E-state index in [1.165, 1.54) is 17.4 Å². The molecular formula is C19H17BrN2O4S. The van der Waals surface area contributed by atoms with Crippen molar-refractivity contribution >= 4 is 54.6 Å².